The minimum Gasteiger partial charge on any atom is -0.295 e. The van der Waals surface area contributed by atoms with E-state index in [1.165, 1.54) is 17.7 Å². The van der Waals surface area contributed by atoms with Crippen LogP contribution >= 0.6 is 0 Å². The van der Waals surface area contributed by atoms with Crippen molar-refractivity contribution in [3.05, 3.63) is 71.3 Å². The Morgan fingerprint density at radius 2 is 1.65 bits per heavy atom. The largest absolute Gasteiger partial charge is 0.416 e. The first-order valence-corrected chi connectivity index (χ1v) is 7.62. The first-order chi connectivity index (χ1) is 11.0. The van der Waals surface area contributed by atoms with Gasteiger partial charge in [-0.2, -0.15) is 18.2 Å². The Labute approximate surface area is 133 Å². The second kappa shape index (κ2) is 6.72. The van der Waals surface area contributed by atoms with Crippen molar-refractivity contribution in [1.82, 2.24) is 5.06 Å². The zero-order valence-electron chi connectivity index (χ0n) is 12.6. The van der Waals surface area contributed by atoms with Crippen LogP contribution in [0.3, 0.4) is 0 Å². The SMILES string of the molecule is FC(F)(F)c1ccc(C[C@H]2CCN(Cc3ccccc3)O2)cc1. The summed E-state index contributed by atoms with van der Waals surface area (Å²) in [5.41, 5.74) is 1.44. The predicted molar refractivity (Wildman–Crippen MR) is 81.5 cm³/mol. The van der Waals surface area contributed by atoms with Crippen molar-refractivity contribution >= 4 is 0 Å². The average Bonchev–Trinajstić information content (AvgIpc) is 2.95. The maximum absolute atomic E-state index is 12.6. The van der Waals surface area contributed by atoms with Crippen LogP contribution in [-0.2, 0) is 24.0 Å². The van der Waals surface area contributed by atoms with Crippen molar-refractivity contribution in [2.75, 3.05) is 6.54 Å². The summed E-state index contributed by atoms with van der Waals surface area (Å²) < 4.78 is 37.7. The van der Waals surface area contributed by atoms with E-state index in [0.29, 0.717) is 6.42 Å². The molecule has 1 saturated heterocycles. The number of halogens is 3. The quantitative estimate of drug-likeness (QED) is 0.825. The number of hydrogen-bond acceptors (Lipinski definition) is 2. The van der Waals surface area contributed by atoms with Crippen molar-refractivity contribution in [2.24, 2.45) is 0 Å². The Bertz CT molecular complexity index is 625. The number of rotatable bonds is 4. The van der Waals surface area contributed by atoms with E-state index in [-0.39, 0.29) is 6.10 Å². The van der Waals surface area contributed by atoms with Gasteiger partial charge in [-0.05, 0) is 29.7 Å². The Kier molecular flexibility index (Phi) is 4.68. The van der Waals surface area contributed by atoms with E-state index >= 15 is 0 Å². The normalized spacial score (nSPS) is 19.2. The van der Waals surface area contributed by atoms with Gasteiger partial charge in [-0.25, -0.2) is 0 Å². The van der Waals surface area contributed by atoms with E-state index in [1.54, 1.807) is 0 Å². The van der Waals surface area contributed by atoms with Gasteiger partial charge in [0.05, 0.1) is 11.7 Å². The summed E-state index contributed by atoms with van der Waals surface area (Å²) in [6, 6.07) is 15.4. The molecule has 0 bridgehead atoms. The third-order valence-corrected chi connectivity index (χ3v) is 3.95. The fourth-order valence-electron chi connectivity index (χ4n) is 2.74. The molecule has 122 valence electrons. The van der Waals surface area contributed by atoms with Crippen LogP contribution in [0.1, 0.15) is 23.1 Å². The summed E-state index contributed by atoms with van der Waals surface area (Å²) in [6.07, 6.45) is -2.75. The van der Waals surface area contributed by atoms with Gasteiger partial charge in [-0.15, -0.1) is 0 Å². The summed E-state index contributed by atoms with van der Waals surface area (Å²) in [6.45, 7) is 1.56. The summed E-state index contributed by atoms with van der Waals surface area (Å²) in [7, 11) is 0. The highest BCUT2D eigenvalue weighted by molar-refractivity contribution is 5.25. The monoisotopic (exact) mass is 321 g/mol. The van der Waals surface area contributed by atoms with Crippen molar-refractivity contribution in [1.29, 1.82) is 0 Å². The van der Waals surface area contributed by atoms with Crippen LogP contribution < -0.4 is 0 Å². The molecular formula is C18H18F3NO. The molecule has 0 unspecified atom stereocenters. The van der Waals surface area contributed by atoms with E-state index < -0.39 is 11.7 Å². The number of alkyl halides is 3. The standard InChI is InChI=1S/C18H18F3NO/c19-18(20,21)16-8-6-14(7-9-16)12-17-10-11-22(23-17)13-15-4-2-1-3-5-15/h1-9,17H,10-13H2/t17-/m1/s1. The average molecular weight is 321 g/mol. The third-order valence-electron chi connectivity index (χ3n) is 3.95. The lowest BCUT2D eigenvalue weighted by molar-refractivity contribution is -0.151. The molecule has 5 heteroatoms. The smallest absolute Gasteiger partial charge is 0.295 e. The lowest BCUT2D eigenvalue weighted by Gasteiger charge is -2.16. The number of benzene rings is 2. The summed E-state index contributed by atoms with van der Waals surface area (Å²) >= 11 is 0. The lowest BCUT2D eigenvalue weighted by atomic mass is 10.0. The minimum absolute atomic E-state index is 0.0236. The van der Waals surface area contributed by atoms with Crippen molar-refractivity contribution in [3.63, 3.8) is 0 Å². The van der Waals surface area contributed by atoms with Gasteiger partial charge in [0.1, 0.15) is 0 Å². The summed E-state index contributed by atoms with van der Waals surface area (Å²) in [5, 5.41) is 1.92. The van der Waals surface area contributed by atoms with Crippen molar-refractivity contribution in [2.45, 2.75) is 31.7 Å². The first-order valence-electron chi connectivity index (χ1n) is 7.62. The first kappa shape index (κ1) is 16.0. The highest BCUT2D eigenvalue weighted by atomic mass is 19.4. The molecule has 0 saturated carbocycles. The van der Waals surface area contributed by atoms with E-state index in [9.17, 15) is 13.2 Å². The Morgan fingerprint density at radius 3 is 2.30 bits per heavy atom. The summed E-state index contributed by atoms with van der Waals surface area (Å²) in [5.74, 6) is 0. The third kappa shape index (κ3) is 4.33. The van der Waals surface area contributed by atoms with Crippen molar-refractivity contribution < 1.29 is 18.0 Å². The minimum atomic E-state index is -4.28. The van der Waals surface area contributed by atoms with E-state index in [0.717, 1.165) is 37.2 Å². The van der Waals surface area contributed by atoms with Gasteiger partial charge in [0.25, 0.3) is 0 Å². The molecule has 1 aliphatic rings. The molecule has 0 aromatic heterocycles. The van der Waals surface area contributed by atoms with Gasteiger partial charge in [-0.1, -0.05) is 42.5 Å². The Hall–Kier alpha value is -1.85. The fourth-order valence-corrected chi connectivity index (χ4v) is 2.74. The topological polar surface area (TPSA) is 12.5 Å². The van der Waals surface area contributed by atoms with Crippen LogP contribution in [0.25, 0.3) is 0 Å². The molecule has 2 nitrogen and oxygen atoms in total. The van der Waals surface area contributed by atoms with Crippen LogP contribution in [0, 0.1) is 0 Å². The molecule has 0 aliphatic carbocycles. The Balaban J connectivity index is 1.54. The second-order valence-electron chi connectivity index (χ2n) is 5.76. The van der Waals surface area contributed by atoms with Gasteiger partial charge in [0.2, 0.25) is 0 Å². The second-order valence-corrected chi connectivity index (χ2v) is 5.76. The molecule has 23 heavy (non-hydrogen) atoms. The van der Waals surface area contributed by atoms with Crippen molar-refractivity contribution in [3.8, 4) is 0 Å². The van der Waals surface area contributed by atoms with Gasteiger partial charge in [-0.3, -0.25) is 4.84 Å². The van der Waals surface area contributed by atoms with E-state index in [2.05, 4.69) is 0 Å². The number of hydrogen-bond donors (Lipinski definition) is 0. The van der Waals surface area contributed by atoms with Crippen LogP contribution in [-0.4, -0.2) is 17.7 Å². The maximum atomic E-state index is 12.6. The molecule has 0 N–H and O–H groups in total. The van der Waals surface area contributed by atoms with Crippen LogP contribution in [0.4, 0.5) is 13.2 Å². The molecule has 1 atom stereocenters. The number of nitrogens with zero attached hydrogens (tertiary/aromatic N) is 1. The molecule has 0 radical (unpaired) electrons. The predicted octanol–water partition coefficient (Wildman–Crippen LogP) is 4.45. The van der Waals surface area contributed by atoms with Crippen LogP contribution in [0.5, 0.6) is 0 Å². The van der Waals surface area contributed by atoms with Gasteiger partial charge >= 0.3 is 6.18 Å². The molecule has 0 amide bonds. The summed E-state index contributed by atoms with van der Waals surface area (Å²) in [4.78, 5) is 5.88. The molecule has 0 spiro atoms. The molecule has 1 aliphatic heterocycles. The van der Waals surface area contributed by atoms with Crippen LogP contribution in [0.2, 0.25) is 0 Å². The highest BCUT2D eigenvalue weighted by Crippen LogP contribution is 2.29. The zero-order valence-corrected chi connectivity index (χ0v) is 12.6. The molecule has 3 rings (SSSR count). The molecule has 2 aromatic carbocycles. The van der Waals surface area contributed by atoms with Gasteiger partial charge < -0.3 is 0 Å². The fraction of sp³-hybridized carbons (Fsp3) is 0.333. The molecular weight excluding hydrogens is 303 g/mol. The lowest BCUT2D eigenvalue weighted by Crippen LogP contribution is -2.20. The van der Waals surface area contributed by atoms with E-state index in [1.807, 2.05) is 35.4 Å². The maximum Gasteiger partial charge on any atom is 0.416 e. The number of hydroxylamine groups is 2. The highest BCUT2D eigenvalue weighted by Gasteiger charge is 2.30. The molecule has 2 aromatic rings. The molecule has 1 heterocycles. The van der Waals surface area contributed by atoms with Crippen LogP contribution in [0.15, 0.2) is 54.6 Å². The van der Waals surface area contributed by atoms with E-state index in [4.69, 9.17) is 4.84 Å². The van der Waals surface area contributed by atoms with Gasteiger partial charge in [0, 0.05) is 19.5 Å². The van der Waals surface area contributed by atoms with Gasteiger partial charge in [0.15, 0.2) is 0 Å². The Morgan fingerprint density at radius 1 is 0.957 bits per heavy atom. The zero-order chi connectivity index (χ0) is 16.3. The molecule has 1 fully saturated rings.